The average Bonchev–Trinajstić information content (AvgIpc) is 3.16. The lowest BCUT2D eigenvalue weighted by atomic mass is 10.1. The van der Waals surface area contributed by atoms with Crippen molar-refractivity contribution in [1.29, 1.82) is 0 Å². The molecule has 0 saturated carbocycles. The predicted molar refractivity (Wildman–Crippen MR) is 106 cm³/mol. The summed E-state index contributed by atoms with van der Waals surface area (Å²) in [7, 11) is 0. The Hall–Kier alpha value is -3.06. The van der Waals surface area contributed by atoms with E-state index in [-0.39, 0.29) is 12.2 Å². The number of benzene rings is 1. The SMILES string of the molecule is O=C(OC1COC1)N1CCN(c2ccnn3cc(-c4ccccc4)cc23)CC1. The summed E-state index contributed by atoms with van der Waals surface area (Å²) in [4.78, 5) is 16.3. The normalized spacial score (nSPS) is 17.6. The van der Waals surface area contributed by atoms with Crippen LogP contribution in [0.15, 0.2) is 54.9 Å². The summed E-state index contributed by atoms with van der Waals surface area (Å²) in [5.74, 6) is 0. The van der Waals surface area contributed by atoms with E-state index in [1.807, 2.05) is 35.0 Å². The van der Waals surface area contributed by atoms with Crippen LogP contribution in [0.3, 0.4) is 0 Å². The van der Waals surface area contributed by atoms with E-state index in [0.29, 0.717) is 26.3 Å². The molecule has 0 unspecified atom stereocenters. The Bertz CT molecular complexity index is 976. The van der Waals surface area contributed by atoms with Crippen molar-refractivity contribution in [2.75, 3.05) is 44.3 Å². The minimum atomic E-state index is -0.234. The number of amides is 1. The minimum Gasteiger partial charge on any atom is -0.441 e. The molecule has 2 aliphatic heterocycles. The fraction of sp³-hybridized carbons (Fsp3) is 0.333. The van der Waals surface area contributed by atoms with Crippen molar-refractivity contribution in [3.63, 3.8) is 0 Å². The third-order valence-electron chi connectivity index (χ3n) is 5.35. The minimum absolute atomic E-state index is 0.0810. The van der Waals surface area contributed by atoms with E-state index >= 15 is 0 Å². The number of fused-ring (bicyclic) bond motifs is 1. The van der Waals surface area contributed by atoms with Gasteiger partial charge in [0.2, 0.25) is 0 Å². The number of rotatable bonds is 3. The first kappa shape index (κ1) is 17.1. The highest BCUT2D eigenvalue weighted by Gasteiger charge is 2.28. The van der Waals surface area contributed by atoms with Crippen LogP contribution in [0.25, 0.3) is 16.6 Å². The first-order valence-corrected chi connectivity index (χ1v) is 9.59. The van der Waals surface area contributed by atoms with Gasteiger partial charge in [-0.3, -0.25) is 0 Å². The molecule has 2 aliphatic rings. The second kappa shape index (κ2) is 7.16. The Morgan fingerprint density at radius 3 is 2.54 bits per heavy atom. The molecule has 0 atom stereocenters. The van der Waals surface area contributed by atoms with Crippen LogP contribution < -0.4 is 4.90 Å². The van der Waals surface area contributed by atoms with Crippen molar-refractivity contribution in [2.45, 2.75) is 6.10 Å². The summed E-state index contributed by atoms with van der Waals surface area (Å²) in [6, 6.07) is 14.5. The lowest BCUT2D eigenvalue weighted by Crippen LogP contribution is -2.51. The molecule has 1 aromatic carbocycles. The highest BCUT2D eigenvalue weighted by atomic mass is 16.6. The zero-order valence-electron chi connectivity index (χ0n) is 15.5. The molecule has 0 radical (unpaired) electrons. The Kier molecular flexibility index (Phi) is 4.37. The van der Waals surface area contributed by atoms with Gasteiger partial charge in [-0.1, -0.05) is 30.3 Å². The van der Waals surface area contributed by atoms with Crippen LogP contribution in [0.4, 0.5) is 10.5 Å². The summed E-state index contributed by atoms with van der Waals surface area (Å²) < 4.78 is 12.4. The number of carbonyl (C=O) groups excluding carboxylic acids is 1. The number of anilines is 1. The monoisotopic (exact) mass is 378 g/mol. The van der Waals surface area contributed by atoms with Gasteiger partial charge in [-0.05, 0) is 17.7 Å². The number of ether oxygens (including phenoxy) is 2. The lowest BCUT2D eigenvalue weighted by molar-refractivity contribution is -0.104. The molecule has 4 heterocycles. The van der Waals surface area contributed by atoms with Crippen molar-refractivity contribution in [3.05, 3.63) is 54.9 Å². The van der Waals surface area contributed by atoms with Crippen molar-refractivity contribution in [2.24, 2.45) is 0 Å². The summed E-state index contributed by atoms with van der Waals surface area (Å²) in [6.07, 6.45) is 3.57. The van der Waals surface area contributed by atoms with E-state index in [9.17, 15) is 4.79 Å². The van der Waals surface area contributed by atoms with E-state index in [0.717, 1.165) is 29.9 Å². The maximum absolute atomic E-state index is 12.2. The van der Waals surface area contributed by atoms with Gasteiger partial charge in [0.25, 0.3) is 0 Å². The molecular formula is C21H22N4O3. The average molecular weight is 378 g/mol. The number of hydrogen-bond donors (Lipinski definition) is 0. The van der Waals surface area contributed by atoms with E-state index in [4.69, 9.17) is 9.47 Å². The zero-order valence-corrected chi connectivity index (χ0v) is 15.5. The van der Waals surface area contributed by atoms with Gasteiger partial charge < -0.3 is 19.3 Å². The number of aromatic nitrogens is 2. The molecule has 5 rings (SSSR count). The number of nitrogens with zero attached hydrogens (tertiary/aromatic N) is 4. The standard InChI is InChI=1S/C21H22N4O3/c26-21(28-18-14-27-15-18)24-10-8-23(9-11-24)19-6-7-22-25-13-17(12-20(19)25)16-4-2-1-3-5-16/h1-7,12-13,18H,8-11,14-15H2. The molecule has 0 aliphatic carbocycles. The maximum atomic E-state index is 12.2. The fourth-order valence-corrected chi connectivity index (χ4v) is 3.68. The number of carbonyl (C=O) groups is 1. The quantitative estimate of drug-likeness (QED) is 0.701. The maximum Gasteiger partial charge on any atom is 0.410 e. The van der Waals surface area contributed by atoms with Crippen LogP contribution in [0.1, 0.15) is 0 Å². The molecule has 7 heteroatoms. The third-order valence-corrected chi connectivity index (χ3v) is 5.35. The molecule has 28 heavy (non-hydrogen) atoms. The molecule has 2 saturated heterocycles. The van der Waals surface area contributed by atoms with Crippen molar-refractivity contribution in [3.8, 4) is 11.1 Å². The van der Waals surface area contributed by atoms with Gasteiger partial charge in [-0.25, -0.2) is 9.31 Å². The first-order valence-electron chi connectivity index (χ1n) is 9.59. The van der Waals surface area contributed by atoms with Crippen molar-refractivity contribution >= 4 is 17.3 Å². The van der Waals surface area contributed by atoms with Gasteiger partial charge in [0.05, 0.1) is 24.4 Å². The molecule has 0 bridgehead atoms. The van der Waals surface area contributed by atoms with Gasteiger partial charge >= 0.3 is 6.09 Å². The molecule has 2 aromatic heterocycles. The zero-order chi connectivity index (χ0) is 18.9. The van der Waals surface area contributed by atoms with Crippen molar-refractivity contribution < 1.29 is 14.3 Å². The third kappa shape index (κ3) is 3.18. The Balaban J connectivity index is 1.32. The van der Waals surface area contributed by atoms with Crippen molar-refractivity contribution in [1.82, 2.24) is 14.5 Å². The molecule has 2 fully saturated rings. The van der Waals surface area contributed by atoms with Crippen LogP contribution in [-0.2, 0) is 9.47 Å². The topological polar surface area (TPSA) is 59.3 Å². The van der Waals surface area contributed by atoms with Crippen LogP contribution in [0.5, 0.6) is 0 Å². The Morgan fingerprint density at radius 1 is 1.04 bits per heavy atom. The van der Waals surface area contributed by atoms with Crippen LogP contribution in [-0.4, -0.2) is 66.1 Å². The largest absolute Gasteiger partial charge is 0.441 e. The van der Waals surface area contributed by atoms with Gasteiger partial charge in [0.1, 0.15) is 0 Å². The molecule has 0 spiro atoms. The van der Waals surface area contributed by atoms with E-state index < -0.39 is 0 Å². The second-order valence-electron chi connectivity index (χ2n) is 7.16. The van der Waals surface area contributed by atoms with Crippen LogP contribution in [0.2, 0.25) is 0 Å². The lowest BCUT2D eigenvalue weighted by Gasteiger charge is -2.37. The van der Waals surface area contributed by atoms with E-state index in [2.05, 4.69) is 34.4 Å². The summed E-state index contributed by atoms with van der Waals surface area (Å²) in [5, 5.41) is 4.47. The van der Waals surface area contributed by atoms with Gasteiger partial charge in [0.15, 0.2) is 6.10 Å². The van der Waals surface area contributed by atoms with Crippen LogP contribution in [0, 0.1) is 0 Å². The summed E-state index contributed by atoms with van der Waals surface area (Å²) in [5.41, 5.74) is 4.53. The smallest absolute Gasteiger partial charge is 0.410 e. The molecule has 7 nitrogen and oxygen atoms in total. The summed E-state index contributed by atoms with van der Waals surface area (Å²) in [6.45, 7) is 3.85. The number of piperazine rings is 1. The fourth-order valence-electron chi connectivity index (χ4n) is 3.68. The van der Waals surface area contributed by atoms with E-state index in [1.54, 1.807) is 4.90 Å². The molecule has 144 valence electrons. The Labute approximate surface area is 163 Å². The van der Waals surface area contributed by atoms with Gasteiger partial charge in [0, 0.05) is 44.1 Å². The second-order valence-corrected chi connectivity index (χ2v) is 7.16. The number of hydrogen-bond acceptors (Lipinski definition) is 5. The predicted octanol–water partition coefficient (Wildman–Crippen LogP) is 2.66. The molecule has 3 aromatic rings. The molecule has 1 amide bonds. The van der Waals surface area contributed by atoms with Gasteiger partial charge in [-0.2, -0.15) is 5.10 Å². The van der Waals surface area contributed by atoms with Gasteiger partial charge in [-0.15, -0.1) is 0 Å². The molecular weight excluding hydrogens is 356 g/mol. The highest BCUT2D eigenvalue weighted by molar-refractivity contribution is 5.80. The highest BCUT2D eigenvalue weighted by Crippen LogP contribution is 2.28. The Morgan fingerprint density at radius 2 is 1.82 bits per heavy atom. The summed E-state index contributed by atoms with van der Waals surface area (Å²) >= 11 is 0. The van der Waals surface area contributed by atoms with Crippen LogP contribution >= 0.6 is 0 Å². The first-order chi connectivity index (χ1) is 13.8. The van der Waals surface area contributed by atoms with E-state index in [1.165, 1.54) is 5.56 Å². The molecule has 0 N–H and O–H groups in total.